The van der Waals surface area contributed by atoms with E-state index in [-0.39, 0.29) is 17.6 Å². The van der Waals surface area contributed by atoms with E-state index in [1.54, 1.807) is 36.5 Å². The molecular formula is C33H39FN8O3. The Bertz CT molecular complexity index is 1560. The summed E-state index contributed by atoms with van der Waals surface area (Å²) in [6.07, 6.45) is 10.4. The van der Waals surface area contributed by atoms with Crippen LogP contribution in [0.2, 0.25) is 0 Å². The number of likely N-dealkylation sites (tertiary alicyclic amines) is 1. The van der Waals surface area contributed by atoms with Gasteiger partial charge in [0.1, 0.15) is 5.82 Å². The summed E-state index contributed by atoms with van der Waals surface area (Å²) in [6.45, 7) is 3.91. The standard InChI is InChI=1S/C33H39FN8O3/c34-25-10-12-26(13-11-25)39-32(43)30(23-8-4-3-5-9-23)45-33(44)29-31(36)37-21-28(40-29)24-20-38-42(22-24)27-14-18-41(19-15-27)17-7-2-1-6-16-35/h3-5,8-13,20-22,27,30H,1-2,6-7,14-19,35H2,(H2,36,37)(H,39,43)/t30-/m1/s1. The number of esters is 1. The Morgan fingerprint density at radius 1 is 1.00 bits per heavy atom. The molecule has 4 aromatic rings. The predicted octanol–water partition coefficient (Wildman–Crippen LogP) is 4.75. The third kappa shape index (κ3) is 8.49. The topological polar surface area (TPSA) is 154 Å². The van der Waals surface area contributed by atoms with E-state index < -0.39 is 23.8 Å². The quantitative estimate of drug-likeness (QED) is 0.143. The summed E-state index contributed by atoms with van der Waals surface area (Å²) in [5.74, 6) is -2.10. The summed E-state index contributed by atoms with van der Waals surface area (Å²) < 4.78 is 21.0. The number of unbranched alkanes of at least 4 members (excludes halogenated alkanes) is 3. The molecule has 45 heavy (non-hydrogen) atoms. The maximum absolute atomic E-state index is 13.4. The number of rotatable bonds is 13. The molecule has 3 heterocycles. The minimum Gasteiger partial charge on any atom is -0.442 e. The Morgan fingerprint density at radius 2 is 1.73 bits per heavy atom. The van der Waals surface area contributed by atoms with Crippen LogP contribution in [0.4, 0.5) is 15.9 Å². The van der Waals surface area contributed by atoms with Crippen LogP contribution < -0.4 is 16.8 Å². The number of anilines is 2. The van der Waals surface area contributed by atoms with Crippen molar-refractivity contribution < 1.29 is 18.7 Å². The zero-order valence-corrected chi connectivity index (χ0v) is 25.1. The fourth-order valence-electron chi connectivity index (χ4n) is 5.40. The van der Waals surface area contributed by atoms with E-state index in [1.807, 2.05) is 10.9 Å². The highest BCUT2D eigenvalue weighted by molar-refractivity contribution is 5.99. The smallest absolute Gasteiger partial charge is 0.361 e. The second-order valence-corrected chi connectivity index (χ2v) is 11.2. The first kappa shape index (κ1) is 31.7. The highest BCUT2D eigenvalue weighted by Gasteiger charge is 2.28. The molecule has 0 saturated carbocycles. The number of amides is 1. The fraction of sp³-hybridized carbons (Fsp3) is 0.364. The summed E-state index contributed by atoms with van der Waals surface area (Å²) in [6, 6.07) is 14.1. The van der Waals surface area contributed by atoms with Crippen molar-refractivity contribution in [2.45, 2.75) is 50.7 Å². The molecule has 2 aromatic heterocycles. The number of nitrogens with two attached hydrogens (primary N) is 2. The summed E-state index contributed by atoms with van der Waals surface area (Å²) in [4.78, 5) is 37.8. The molecule has 1 aliphatic heterocycles. The lowest BCUT2D eigenvalue weighted by molar-refractivity contribution is -0.125. The van der Waals surface area contributed by atoms with Crippen LogP contribution in [-0.2, 0) is 9.53 Å². The molecule has 0 aliphatic carbocycles. The van der Waals surface area contributed by atoms with E-state index in [4.69, 9.17) is 16.2 Å². The van der Waals surface area contributed by atoms with Crippen molar-refractivity contribution in [3.8, 4) is 11.3 Å². The molecule has 1 saturated heterocycles. The van der Waals surface area contributed by atoms with Crippen LogP contribution in [-0.4, -0.2) is 62.7 Å². The number of nitrogens with zero attached hydrogens (tertiary/aromatic N) is 5. The monoisotopic (exact) mass is 614 g/mol. The Hall–Kier alpha value is -4.68. The van der Waals surface area contributed by atoms with Crippen LogP contribution in [0, 0.1) is 5.82 Å². The minimum atomic E-state index is -1.33. The van der Waals surface area contributed by atoms with Crippen LogP contribution >= 0.6 is 0 Å². The molecular weight excluding hydrogens is 575 g/mol. The lowest BCUT2D eigenvalue weighted by Gasteiger charge is -2.32. The van der Waals surface area contributed by atoms with Crippen molar-refractivity contribution in [3.05, 3.63) is 90.3 Å². The second kappa shape index (κ2) is 15.4. The van der Waals surface area contributed by atoms with Gasteiger partial charge in [-0.2, -0.15) is 5.10 Å². The van der Waals surface area contributed by atoms with E-state index >= 15 is 0 Å². The Kier molecular flexibility index (Phi) is 10.8. The van der Waals surface area contributed by atoms with E-state index in [9.17, 15) is 14.0 Å². The SMILES string of the molecule is NCCCCCCN1CCC(n2cc(-c3cnc(N)c(C(=O)O[C@@H](C(=O)Nc4ccc(F)cc4)c4ccccc4)n3)cn2)CC1. The Balaban J connectivity index is 1.25. The molecule has 11 nitrogen and oxygen atoms in total. The summed E-state index contributed by atoms with van der Waals surface area (Å²) >= 11 is 0. The minimum absolute atomic E-state index is 0.128. The molecule has 1 amide bonds. The zero-order chi connectivity index (χ0) is 31.6. The number of halogens is 1. The molecule has 0 bridgehead atoms. The van der Waals surface area contributed by atoms with Gasteiger partial charge in [-0.3, -0.25) is 9.48 Å². The number of ether oxygens (including phenoxy) is 1. The van der Waals surface area contributed by atoms with Crippen molar-refractivity contribution in [3.63, 3.8) is 0 Å². The highest BCUT2D eigenvalue weighted by atomic mass is 19.1. The molecule has 0 unspecified atom stereocenters. The van der Waals surface area contributed by atoms with Gasteiger partial charge in [0, 0.05) is 36.1 Å². The second-order valence-electron chi connectivity index (χ2n) is 11.2. The predicted molar refractivity (Wildman–Crippen MR) is 170 cm³/mol. The van der Waals surface area contributed by atoms with Gasteiger partial charge >= 0.3 is 5.97 Å². The first-order chi connectivity index (χ1) is 21.9. The van der Waals surface area contributed by atoms with Gasteiger partial charge < -0.3 is 26.4 Å². The number of carbonyl (C=O) groups excluding carboxylic acids is 2. The summed E-state index contributed by atoms with van der Waals surface area (Å²) in [5.41, 5.74) is 13.3. The lowest BCUT2D eigenvalue weighted by Crippen LogP contribution is -2.35. The first-order valence-corrected chi connectivity index (χ1v) is 15.3. The van der Waals surface area contributed by atoms with Gasteiger partial charge in [-0.25, -0.2) is 19.2 Å². The molecule has 236 valence electrons. The van der Waals surface area contributed by atoms with Crippen LogP contribution in [0.1, 0.15) is 66.7 Å². The zero-order valence-electron chi connectivity index (χ0n) is 25.1. The van der Waals surface area contributed by atoms with Crippen molar-refractivity contribution in [2.24, 2.45) is 5.73 Å². The number of benzene rings is 2. The van der Waals surface area contributed by atoms with Crippen molar-refractivity contribution in [2.75, 3.05) is 37.2 Å². The van der Waals surface area contributed by atoms with Gasteiger partial charge in [0.2, 0.25) is 6.10 Å². The van der Waals surface area contributed by atoms with Crippen LogP contribution in [0.15, 0.2) is 73.2 Å². The number of nitrogens with one attached hydrogen (secondary N) is 1. The van der Waals surface area contributed by atoms with Crippen molar-refractivity contribution >= 4 is 23.4 Å². The van der Waals surface area contributed by atoms with Crippen LogP contribution in [0.25, 0.3) is 11.3 Å². The molecule has 0 spiro atoms. The summed E-state index contributed by atoms with van der Waals surface area (Å²) in [7, 11) is 0. The molecule has 1 aliphatic rings. The van der Waals surface area contributed by atoms with Gasteiger partial charge in [0.05, 0.1) is 24.1 Å². The van der Waals surface area contributed by atoms with Gasteiger partial charge in [-0.15, -0.1) is 0 Å². The van der Waals surface area contributed by atoms with Gasteiger partial charge in [-0.1, -0.05) is 43.2 Å². The molecule has 1 fully saturated rings. The molecule has 0 radical (unpaired) electrons. The Morgan fingerprint density at radius 3 is 2.47 bits per heavy atom. The Labute approximate surface area is 261 Å². The fourth-order valence-corrected chi connectivity index (χ4v) is 5.40. The first-order valence-electron chi connectivity index (χ1n) is 15.3. The number of piperidine rings is 1. The maximum Gasteiger partial charge on any atom is 0.361 e. The van der Waals surface area contributed by atoms with Gasteiger partial charge in [0.15, 0.2) is 11.5 Å². The van der Waals surface area contributed by atoms with Gasteiger partial charge in [0.25, 0.3) is 5.91 Å². The molecule has 1 atom stereocenters. The van der Waals surface area contributed by atoms with Crippen molar-refractivity contribution in [1.29, 1.82) is 0 Å². The molecule has 5 rings (SSSR count). The van der Waals surface area contributed by atoms with Crippen molar-refractivity contribution in [1.82, 2.24) is 24.6 Å². The molecule has 2 aromatic carbocycles. The molecule has 12 heteroatoms. The summed E-state index contributed by atoms with van der Waals surface area (Å²) in [5, 5.41) is 7.25. The average Bonchev–Trinajstić information content (AvgIpc) is 3.56. The number of hydrogen-bond acceptors (Lipinski definition) is 9. The number of nitrogen functional groups attached to an aromatic ring is 1. The average molecular weight is 615 g/mol. The van der Waals surface area contributed by atoms with E-state index in [1.165, 1.54) is 49.7 Å². The normalized spacial score (nSPS) is 14.6. The largest absolute Gasteiger partial charge is 0.442 e. The molecule has 5 N–H and O–H groups in total. The number of aromatic nitrogens is 4. The van der Waals surface area contributed by atoms with Gasteiger partial charge in [-0.05, 0) is 63.0 Å². The third-order valence-corrected chi connectivity index (χ3v) is 7.93. The highest BCUT2D eigenvalue weighted by Crippen LogP contribution is 2.27. The van der Waals surface area contributed by atoms with Crippen LogP contribution in [0.3, 0.4) is 0 Å². The maximum atomic E-state index is 13.4. The van der Waals surface area contributed by atoms with E-state index in [2.05, 4.69) is 25.3 Å². The lowest BCUT2D eigenvalue weighted by atomic mass is 10.0. The third-order valence-electron chi connectivity index (χ3n) is 7.93. The number of carbonyl (C=O) groups is 2. The number of hydrogen-bond donors (Lipinski definition) is 3. The van der Waals surface area contributed by atoms with E-state index in [0.29, 0.717) is 22.5 Å². The van der Waals surface area contributed by atoms with Crippen LogP contribution in [0.5, 0.6) is 0 Å². The van der Waals surface area contributed by atoms with E-state index in [0.717, 1.165) is 45.4 Å².